The Labute approximate surface area is 79.7 Å². The van der Waals surface area contributed by atoms with Gasteiger partial charge >= 0.3 is 0 Å². The molecule has 72 valence electrons. The first kappa shape index (κ1) is 11.9. The molecule has 2 nitrogen and oxygen atoms in total. The maximum Gasteiger partial charge on any atom is 0.0624 e. The van der Waals surface area contributed by atoms with Crippen LogP contribution in [0, 0.1) is 0 Å². The van der Waals surface area contributed by atoms with Gasteiger partial charge in [0.15, 0.2) is 0 Å². The number of aliphatic hydroxyl groups is 1. The van der Waals surface area contributed by atoms with Crippen LogP contribution in [-0.2, 0) is 0 Å². The van der Waals surface area contributed by atoms with Gasteiger partial charge in [0.2, 0.25) is 0 Å². The second kappa shape index (κ2) is 7.53. The zero-order chi connectivity index (χ0) is 10.1. The maximum absolute atomic E-state index is 8.66. The fourth-order valence-electron chi connectivity index (χ4n) is 0.806. The number of rotatable bonds is 2. The molecular formula is C11H17NO. The highest BCUT2D eigenvalue weighted by molar-refractivity contribution is 5.18. The lowest BCUT2D eigenvalue weighted by Gasteiger charge is -2.06. The summed E-state index contributed by atoms with van der Waals surface area (Å²) in [6.45, 7) is 5.25. The lowest BCUT2D eigenvalue weighted by atomic mass is 10.1. The van der Waals surface area contributed by atoms with E-state index in [1.807, 2.05) is 37.3 Å². The van der Waals surface area contributed by atoms with Crippen LogP contribution in [0.4, 0.5) is 0 Å². The Kier molecular flexibility index (Phi) is 6.88. The minimum atomic E-state index is -0.235. The molecule has 0 aliphatic heterocycles. The van der Waals surface area contributed by atoms with Crippen LogP contribution in [0.2, 0.25) is 0 Å². The van der Waals surface area contributed by atoms with Crippen LogP contribution >= 0.6 is 0 Å². The van der Waals surface area contributed by atoms with Crippen LogP contribution in [0.1, 0.15) is 18.5 Å². The van der Waals surface area contributed by atoms with Crippen LogP contribution in [0.15, 0.2) is 43.0 Å². The largest absolute Gasteiger partial charge is 0.394 e. The molecule has 1 aromatic rings. The first-order chi connectivity index (χ1) is 6.26. The van der Waals surface area contributed by atoms with Gasteiger partial charge in [-0.05, 0) is 12.5 Å². The summed E-state index contributed by atoms with van der Waals surface area (Å²) in [5, 5.41) is 8.66. The van der Waals surface area contributed by atoms with Crippen molar-refractivity contribution in [1.82, 2.24) is 0 Å². The summed E-state index contributed by atoms with van der Waals surface area (Å²) in [4.78, 5) is 0. The van der Waals surface area contributed by atoms with Crippen molar-refractivity contribution < 1.29 is 5.11 Å². The van der Waals surface area contributed by atoms with Gasteiger partial charge < -0.3 is 10.8 Å². The van der Waals surface area contributed by atoms with Gasteiger partial charge in [0, 0.05) is 0 Å². The molecule has 0 heterocycles. The Morgan fingerprint density at radius 3 is 2.31 bits per heavy atom. The Morgan fingerprint density at radius 2 is 1.92 bits per heavy atom. The van der Waals surface area contributed by atoms with Crippen LogP contribution in [0.25, 0.3) is 0 Å². The van der Waals surface area contributed by atoms with Gasteiger partial charge in [-0.1, -0.05) is 36.4 Å². The van der Waals surface area contributed by atoms with Gasteiger partial charge in [0.25, 0.3) is 0 Å². The summed E-state index contributed by atoms with van der Waals surface area (Å²) < 4.78 is 0. The molecule has 0 aliphatic carbocycles. The normalized spacial score (nSPS) is 11.0. The Morgan fingerprint density at radius 1 is 1.46 bits per heavy atom. The number of hydrogen-bond donors (Lipinski definition) is 2. The molecule has 0 amide bonds. The zero-order valence-corrected chi connectivity index (χ0v) is 7.98. The molecule has 0 fully saturated rings. The van der Waals surface area contributed by atoms with Crippen molar-refractivity contribution >= 4 is 0 Å². The molecule has 2 heteroatoms. The molecule has 0 saturated carbocycles. The van der Waals surface area contributed by atoms with Crippen LogP contribution in [0.5, 0.6) is 0 Å². The van der Waals surface area contributed by atoms with E-state index in [4.69, 9.17) is 10.8 Å². The van der Waals surface area contributed by atoms with Gasteiger partial charge in [0.1, 0.15) is 0 Å². The first-order valence-electron chi connectivity index (χ1n) is 4.24. The number of allylic oxidation sites excluding steroid dienone is 1. The van der Waals surface area contributed by atoms with Gasteiger partial charge in [-0.25, -0.2) is 0 Å². The molecule has 0 aromatic heterocycles. The van der Waals surface area contributed by atoms with E-state index in [1.165, 1.54) is 0 Å². The van der Waals surface area contributed by atoms with Crippen LogP contribution < -0.4 is 5.73 Å². The van der Waals surface area contributed by atoms with Crippen molar-refractivity contribution in [2.24, 2.45) is 5.73 Å². The predicted molar refractivity (Wildman–Crippen MR) is 56.3 cm³/mol. The lowest BCUT2D eigenvalue weighted by Crippen LogP contribution is -2.13. The quantitative estimate of drug-likeness (QED) is 0.681. The minimum absolute atomic E-state index is 0.00398. The van der Waals surface area contributed by atoms with Crippen molar-refractivity contribution in [3.63, 3.8) is 0 Å². The third-order valence-electron chi connectivity index (χ3n) is 1.42. The van der Waals surface area contributed by atoms with E-state index in [2.05, 4.69) is 6.58 Å². The van der Waals surface area contributed by atoms with E-state index in [0.717, 1.165) is 5.56 Å². The smallest absolute Gasteiger partial charge is 0.0624 e. The molecule has 1 aromatic carbocycles. The topological polar surface area (TPSA) is 46.2 Å². The van der Waals surface area contributed by atoms with E-state index < -0.39 is 0 Å². The van der Waals surface area contributed by atoms with Crippen molar-refractivity contribution in [3.8, 4) is 0 Å². The summed E-state index contributed by atoms with van der Waals surface area (Å²) in [6.07, 6.45) is 1.75. The fraction of sp³-hybridized carbons (Fsp3) is 0.273. The van der Waals surface area contributed by atoms with Gasteiger partial charge in [-0.2, -0.15) is 0 Å². The first-order valence-corrected chi connectivity index (χ1v) is 4.24. The molecule has 1 rings (SSSR count). The summed E-state index contributed by atoms with van der Waals surface area (Å²) in [5.74, 6) is 0. The molecule has 0 spiro atoms. The Bertz CT molecular complexity index is 221. The molecule has 0 saturated heterocycles. The summed E-state index contributed by atoms with van der Waals surface area (Å²) in [7, 11) is 0. The standard InChI is InChI=1S/C8H11NO.C3H6/c9-8(6-10)7-4-2-1-3-5-7;1-3-2/h1-5,8,10H,6,9H2;3H,1H2,2H3. The fourth-order valence-corrected chi connectivity index (χ4v) is 0.806. The summed E-state index contributed by atoms with van der Waals surface area (Å²) >= 11 is 0. The number of benzene rings is 1. The summed E-state index contributed by atoms with van der Waals surface area (Å²) in [5.41, 5.74) is 6.52. The second-order valence-corrected chi connectivity index (χ2v) is 2.61. The molecular weight excluding hydrogens is 162 g/mol. The Hall–Kier alpha value is -1.12. The second-order valence-electron chi connectivity index (χ2n) is 2.61. The molecule has 1 atom stereocenters. The molecule has 0 aliphatic rings. The van der Waals surface area contributed by atoms with E-state index in [9.17, 15) is 0 Å². The Balaban J connectivity index is 0.000000424. The highest BCUT2D eigenvalue weighted by atomic mass is 16.3. The van der Waals surface area contributed by atoms with E-state index >= 15 is 0 Å². The van der Waals surface area contributed by atoms with E-state index in [0.29, 0.717) is 0 Å². The highest BCUT2D eigenvalue weighted by Crippen LogP contribution is 2.06. The van der Waals surface area contributed by atoms with Crippen molar-refractivity contribution in [2.75, 3.05) is 6.61 Å². The molecule has 3 N–H and O–H groups in total. The zero-order valence-electron chi connectivity index (χ0n) is 7.98. The van der Waals surface area contributed by atoms with Gasteiger partial charge in [0.05, 0.1) is 12.6 Å². The molecule has 13 heavy (non-hydrogen) atoms. The molecule has 1 unspecified atom stereocenters. The van der Waals surface area contributed by atoms with Gasteiger partial charge in [-0.15, -0.1) is 6.58 Å². The summed E-state index contributed by atoms with van der Waals surface area (Å²) in [6, 6.07) is 9.31. The monoisotopic (exact) mass is 179 g/mol. The molecule has 0 radical (unpaired) electrons. The third-order valence-corrected chi connectivity index (χ3v) is 1.42. The van der Waals surface area contributed by atoms with Crippen LogP contribution in [0.3, 0.4) is 0 Å². The van der Waals surface area contributed by atoms with E-state index in [-0.39, 0.29) is 12.6 Å². The third kappa shape index (κ3) is 5.17. The SMILES string of the molecule is C=CC.NC(CO)c1ccccc1. The number of aliphatic hydroxyl groups excluding tert-OH is 1. The van der Waals surface area contributed by atoms with Crippen molar-refractivity contribution in [3.05, 3.63) is 48.6 Å². The van der Waals surface area contributed by atoms with Gasteiger partial charge in [-0.3, -0.25) is 0 Å². The lowest BCUT2D eigenvalue weighted by molar-refractivity contribution is 0.268. The van der Waals surface area contributed by atoms with Crippen LogP contribution in [-0.4, -0.2) is 11.7 Å². The predicted octanol–water partition coefficient (Wildman–Crippen LogP) is 1.87. The average Bonchev–Trinajstić information content (AvgIpc) is 2.19. The van der Waals surface area contributed by atoms with Crippen molar-refractivity contribution in [1.29, 1.82) is 0 Å². The maximum atomic E-state index is 8.66. The highest BCUT2D eigenvalue weighted by Gasteiger charge is 2.00. The minimum Gasteiger partial charge on any atom is -0.394 e. The molecule has 0 bridgehead atoms. The van der Waals surface area contributed by atoms with E-state index in [1.54, 1.807) is 6.08 Å². The number of hydrogen-bond acceptors (Lipinski definition) is 2. The average molecular weight is 179 g/mol. The number of nitrogens with two attached hydrogens (primary N) is 1. The van der Waals surface area contributed by atoms with Crippen molar-refractivity contribution in [2.45, 2.75) is 13.0 Å².